The predicted molar refractivity (Wildman–Crippen MR) is 58.6 cm³/mol. The molecule has 4 heteroatoms. The molecule has 1 aromatic carbocycles. The van der Waals surface area contributed by atoms with Crippen molar-refractivity contribution in [3.05, 3.63) is 35.1 Å². The second-order valence-corrected chi connectivity index (χ2v) is 3.22. The van der Waals surface area contributed by atoms with E-state index in [1.54, 1.807) is 13.2 Å². The summed E-state index contributed by atoms with van der Waals surface area (Å²) in [4.78, 5) is 4.09. The highest BCUT2D eigenvalue weighted by Crippen LogP contribution is 2.09. The summed E-state index contributed by atoms with van der Waals surface area (Å²) in [7, 11) is 1.60. The molecule has 0 amide bonds. The van der Waals surface area contributed by atoms with Gasteiger partial charge in [0.05, 0.1) is 13.2 Å². The minimum atomic E-state index is -0.305. The minimum absolute atomic E-state index is 0.305. The molecule has 0 heterocycles. The average molecular weight is 210 g/mol. The summed E-state index contributed by atoms with van der Waals surface area (Å²) in [5, 5.41) is 0. The third kappa shape index (κ3) is 3.32. The zero-order chi connectivity index (χ0) is 11.3. The first-order chi connectivity index (χ1) is 7.15. The van der Waals surface area contributed by atoms with Crippen LogP contribution >= 0.6 is 0 Å². The number of hydrogen-bond acceptors (Lipinski definition) is 2. The van der Waals surface area contributed by atoms with E-state index in [1.807, 2.05) is 6.92 Å². The van der Waals surface area contributed by atoms with E-state index < -0.39 is 0 Å². The van der Waals surface area contributed by atoms with Crippen molar-refractivity contribution in [3.8, 4) is 0 Å². The van der Waals surface area contributed by atoms with Gasteiger partial charge in [-0.05, 0) is 24.6 Å². The molecule has 0 radical (unpaired) electrons. The quantitative estimate of drug-likeness (QED) is 0.465. The highest BCUT2D eigenvalue weighted by molar-refractivity contribution is 5.98. The molecule has 0 aliphatic carbocycles. The fourth-order valence-corrected chi connectivity index (χ4v) is 1.21. The predicted octanol–water partition coefficient (Wildman–Crippen LogP) is 1.49. The molecule has 0 aliphatic heterocycles. The van der Waals surface area contributed by atoms with Crippen molar-refractivity contribution in [1.82, 2.24) is 0 Å². The van der Waals surface area contributed by atoms with Crippen LogP contribution in [-0.2, 0) is 4.74 Å². The third-order valence-corrected chi connectivity index (χ3v) is 2.05. The maximum absolute atomic E-state index is 13.0. The first-order valence-corrected chi connectivity index (χ1v) is 4.70. The van der Waals surface area contributed by atoms with Gasteiger partial charge in [0.25, 0.3) is 0 Å². The Morgan fingerprint density at radius 3 is 2.93 bits per heavy atom. The fraction of sp³-hybridized carbons (Fsp3) is 0.364. The Bertz CT molecular complexity index is 364. The Morgan fingerprint density at radius 2 is 2.27 bits per heavy atom. The van der Waals surface area contributed by atoms with E-state index in [2.05, 4.69) is 4.99 Å². The van der Waals surface area contributed by atoms with Crippen LogP contribution in [0.25, 0.3) is 0 Å². The van der Waals surface area contributed by atoms with Crippen LogP contribution in [-0.4, -0.2) is 26.1 Å². The molecule has 0 fully saturated rings. The molecule has 0 atom stereocenters. The molecular weight excluding hydrogens is 195 g/mol. The standard InChI is InChI=1S/C11H15FN2O/c1-8-3-4-9(12)7-10(8)11(13)14-5-6-15-2/h3-4,7H,5-6H2,1-2H3,(H2,13,14). The number of nitrogens with two attached hydrogens (primary N) is 1. The molecule has 0 saturated carbocycles. The topological polar surface area (TPSA) is 47.6 Å². The lowest BCUT2D eigenvalue weighted by Gasteiger charge is -2.05. The Labute approximate surface area is 88.8 Å². The number of amidine groups is 1. The summed E-state index contributed by atoms with van der Waals surface area (Å²) in [6.07, 6.45) is 0. The van der Waals surface area contributed by atoms with E-state index in [4.69, 9.17) is 10.5 Å². The summed E-state index contributed by atoms with van der Waals surface area (Å²) < 4.78 is 17.8. The van der Waals surface area contributed by atoms with E-state index in [1.165, 1.54) is 12.1 Å². The summed E-state index contributed by atoms with van der Waals surface area (Å²) >= 11 is 0. The molecule has 0 unspecified atom stereocenters. The molecule has 0 bridgehead atoms. The Balaban J connectivity index is 2.85. The number of halogens is 1. The normalized spacial score (nSPS) is 11.8. The lowest BCUT2D eigenvalue weighted by molar-refractivity contribution is 0.208. The maximum Gasteiger partial charge on any atom is 0.126 e. The van der Waals surface area contributed by atoms with Crippen LogP contribution in [0.1, 0.15) is 11.1 Å². The molecule has 1 rings (SSSR count). The molecule has 15 heavy (non-hydrogen) atoms. The summed E-state index contributed by atoms with van der Waals surface area (Å²) in [5.74, 6) is 0.0459. The summed E-state index contributed by atoms with van der Waals surface area (Å²) in [5.41, 5.74) is 7.29. The second kappa shape index (κ2) is 5.46. The van der Waals surface area contributed by atoms with Crippen molar-refractivity contribution in [1.29, 1.82) is 0 Å². The first kappa shape index (κ1) is 11.7. The largest absolute Gasteiger partial charge is 0.383 e. The highest BCUT2D eigenvalue weighted by atomic mass is 19.1. The smallest absolute Gasteiger partial charge is 0.126 e. The van der Waals surface area contributed by atoms with Crippen molar-refractivity contribution < 1.29 is 9.13 Å². The van der Waals surface area contributed by atoms with E-state index in [0.29, 0.717) is 24.6 Å². The van der Waals surface area contributed by atoms with Crippen LogP contribution in [0.2, 0.25) is 0 Å². The molecule has 82 valence electrons. The summed E-state index contributed by atoms with van der Waals surface area (Å²) in [6, 6.07) is 4.48. The number of aryl methyl sites for hydroxylation is 1. The average Bonchev–Trinajstić information content (AvgIpc) is 2.22. The van der Waals surface area contributed by atoms with Crippen LogP contribution in [0, 0.1) is 12.7 Å². The van der Waals surface area contributed by atoms with Crippen molar-refractivity contribution in [2.24, 2.45) is 10.7 Å². The van der Waals surface area contributed by atoms with Crippen molar-refractivity contribution in [2.45, 2.75) is 6.92 Å². The van der Waals surface area contributed by atoms with Crippen LogP contribution in [0.5, 0.6) is 0 Å². The number of benzene rings is 1. The third-order valence-electron chi connectivity index (χ3n) is 2.05. The molecule has 1 aromatic rings. The van der Waals surface area contributed by atoms with Crippen LogP contribution in [0.15, 0.2) is 23.2 Å². The van der Waals surface area contributed by atoms with Gasteiger partial charge < -0.3 is 10.5 Å². The number of rotatable bonds is 4. The van der Waals surface area contributed by atoms with E-state index in [0.717, 1.165) is 5.56 Å². The molecule has 3 nitrogen and oxygen atoms in total. The Kier molecular flexibility index (Phi) is 4.24. The number of aliphatic imine (C=N–C) groups is 1. The highest BCUT2D eigenvalue weighted by Gasteiger charge is 2.03. The molecule has 0 aliphatic rings. The molecule has 0 aromatic heterocycles. The van der Waals surface area contributed by atoms with Gasteiger partial charge in [-0.1, -0.05) is 6.07 Å². The SMILES string of the molecule is COCCN=C(N)c1cc(F)ccc1C. The Morgan fingerprint density at radius 1 is 1.53 bits per heavy atom. The molecule has 0 saturated heterocycles. The molecule has 0 spiro atoms. The lowest BCUT2D eigenvalue weighted by atomic mass is 10.1. The van der Waals surface area contributed by atoms with Gasteiger partial charge >= 0.3 is 0 Å². The number of ether oxygens (including phenoxy) is 1. The number of methoxy groups -OCH3 is 1. The maximum atomic E-state index is 13.0. The van der Waals surface area contributed by atoms with Gasteiger partial charge in [-0.2, -0.15) is 0 Å². The van der Waals surface area contributed by atoms with E-state index in [9.17, 15) is 4.39 Å². The second-order valence-electron chi connectivity index (χ2n) is 3.22. The number of hydrogen-bond donors (Lipinski definition) is 1. The number of nitrogens with zero attached hydrogens (tertiary/aromatic N) is 1. The van der Waals surface area contributed by atoms with Crippen LogP contribution in [0.4, 0.5) is 4.39 Å². The molecular formula is C11H15FN2O. The minimum Gasteiger partial charge on any atom is -0.383 e. The van der Waals surface area contributed by atoms with Crippen molar-refractivity contribution in [2.75, 3.05) is 20.3 Å². The zero-order valence-corrected chi connectivity index (χ0v) is 8.96. The van der Waals surface area contributed by atoms with E-state index >= 15 is 0 Å². The van der Waals surface area contributed by atoms with Gasteiger partial charge in [-0.3, -0.25) is 4.99 Å². The van der Waals surface area contributed by atoms with Crippen LogP contribution in [0.3, 0.4) is 0 Å². The zero-order valence-electron chi connectivity index (χ0n) is 8.96. The van der Waals surface area contributed by atoms with Crippen molar-refractivity contribution >= 4 is 5.84 Å². The van der Waals surface area contributed by atoms with E-state index in [-0.39, 0.29) is 5.82 Å². The Hall–Kier alpha value is -1.42. The van der Waals surface area contributed by atoms with Crippen LogP contribution < -0.4 is 5.73 Å². The van der Waals surface area contributed by atoms with Gasteiger partial charge in [0.2, 0.25) is 0 Å². The summed E-state index contributed by atoms with van der Waals surface area (Å²) in [6.45, 7) is 2.86. The van der Waals surface area contributed by atoms with Gasteiger partial charge in [-0.15, -0.1) is 0 Å². The van der Waals surface area contributed by atoms with Gasteiger partial charge in [0.1, 0.15) is 11.7 Å². The van der Waals surface area contributed by atoms with Gasteiger partial charge in [0.15, 0.2) is 0 Å². The van der Waals surface area contributed by atoms with Gasteiger partial charge in [0, 0.05) is 12.7 Å². The first-order valence-electron chi connectivity index (χ1n) is 4.70. The monoisotopic (exact) mass is 210 g/mol. The molecule has 2 N–H and O–H groups in total. The van der Waals surface area contributed by atoms with Gasteiger partial charge in [-0.25, -0.2) is 4.39 Å². The van der Waals surface area contributed by atoms with Crippen molar-refractivity contribution in [3.63, 3.8) is 0 Å². The fourth-order valence-electron chi connectivity index (χ4n) is 1.21. The lowest BCUT2D eigenvalue weighted by Crippen LogP contribution is -2.16.